The lowest BCUT2D eigenvalue weighted by atomic mass is 9.98. The van der Waals surface area contributed by atoms with E-state index in [4.69, 9.17) is 118 Å². The smallest absolute Gasteiger partial charge is 0.328 e. The summed E-state index contributed by atoms with van der Waals surface area (Å²) in [5.41, 5.74) is 3.02. The molecule has 0 spiro atoms. The fourth-order valence-electron chi connectivity index (χ4n) is 8.71. The summed E-state index contributed by atoms with van der Waals surface area (Å²) in [7, 11) is 1.87. The molecule has 1 N–H and O–H groups in total. The molecule has 0 bridgehead atoms. The van der Waals surface area contributed by atoms with Crippen LogP contribution in [-0.4, -0.2) is 283 Å². The summed E-state index contributed by atoms with van der Waals surface area (Å²) in [4.78, 5) is 26.5. The van der Waals surface area contributed by atoms with E-state index < -0.39 is 34.0 Å². The third-order valence-electron chi connectivity index (χ3n) is 13.3. The van der Waals surface area contributed by atoms with E-state index in [0.29, 0.717) is 240 Å². The van der Waals surface area contributed by atoms with Crippen molar-refractivity contribution in [1.29, 1.82) is 0 Å². The van der Waals surface area contributed by atoms with E-state index in [-0.39, 0.29) is 40.9 Å². The Morgan fingerprint density at radius 2 is 0.804 bits per heavy atom. The number of methoxy groups -OCH3 is 4. The number of hydrogen-bond donors (Lipinski definition) is 1. The van der Waals surface area contributed by atoms with Gasteiger partial charge in [0.05, 0.1) is 250 Å². The van der Waals surface area contributed by atoms with Crippen LogP contribution in [0.15, 0.2) is 59.5 Å². The Labute approximate surface area is 552 Å². The third-order valence-corrected chi connectivity index (χ3v) is 15.6. The molecule has 0 saturated carbocycles. The molecular formula is C63H98Cl2N2O24S. The fraction of sp³-hybridized carbons (Fsp3) is 0.683. The number of nitrogens with one attached hydrogen (secondary N) is 1. The van der Waals surface area contributed by atoms with Crippen LogP contribution in [0.4, 0.5) is 0 Å². The fourth-order valence-corrected chi connectivity index (χ4v) is 11.1. The largest absolute Gasteiger partial charge is 0.496 e. The molecule has 1 amide bonds. The van der Waals surface area contributed by atoms with Crippen molar-refractivity contribution < 1.29 is 113 Å². The monoisotopic (exact) mass is 1370 g/mol. The summed E-state index contributed by atoms with van der Waals surface area (Å²) in [6.45, 7) is 15.5. The zero-order valence-corrected chi connectivity index (χ0v) is 56.3. The van der Waals surface area contributed by atoms with Crippen LogP contribution in [0.25, 0.3) is 11.1 Å². The molecule has 26 nitrogen and oxygen atoms in total. The van der Waals surface area contributed by atoms with Crippen LogP contribution >= 0.6 is 23.2 Å². The lowest BCUT2D eigenvalue weighted by Gasteiger charge is -2.25. The SMILES string of the molecule is COCCOCCOCCOCCOCCOCCOCCOCCOCCOCCOCCOCCOCCOCCOCCOCCOCc1cc(OC)c(-c2ccc(C[C@H](NC(=O)[C@@H]3CCCN3S(=O)(=O)c3cc(Cl)cc(Cl)c3)C(=O)OC)cc2)c(OC)c1. The second-order valence-electron chi connectivity index (χ2n) is 20.0. The predicted molar refractivity (Wildman–Crippen MR) is 340 cm³/mol. The van der Waals surface area contributed by atoms with Gasteiger partial charge in [0.25, 0.3) is 0 Å². The molecule has 2 atom stereocenters. The Kier molecular flexibility index (Phi) is 45.7. The van der Waals surface area contributed by atoms with Gasteiger partial charge in [-0.05, 0) is 59.9 Å². The molecule has 0 aromatic heterocycles. The molecule has 0 radical (unpaired) electrons. The van der Waals surface area contributed by atoms with E-state index in [2.05, 4.69) is 5.32 Å². The lowest BCUT2D eigenvalue weighted by molar-refractivity contribution is -0.145. The quantitative estimate of drug-likeness (QED) is 0.0566. The molecule has 1 aliphatic heterocycles. The summed E-state index contributed by atoms with van der Waals surface area (Å²) in [6.07, 6.45) is 0.779. The number of esters is 1. The minimum Gasteiger partial charge on any atom is -0.496 e. The van der Waals surface area contributed by atoms with Gasteiger partial charge >= 0.3 is 5.97 Å². The van der Waals surface area contributed by atoms with Crippen molar-refractivity contribution in [3.05, 3.63) is 75.8 Å². The van der Waals surface area contributed by atoms with Crippen molar-refractivity contribution in [3.8, 4) is 22.6 Å². The van der Waals surface area contributed by atoms with Crippen molar-refractivity contribution >= 4 is 45.1 Å². The molecule has 0 aliphatic carbocycles. The van der Waals surface area contributed by atoms with Gasteiger partial charge in [-0.3, -0.25) is 4.79 Å². The van der Waals surface area contributed by atoms with Crippen molar-refractivity contribution in [2.24, 2.45) is 0 Å². The Hall–Kier alpha value is -3.99. The normalized spacial score (nSPS) is 13.9. The minimum absolute atomic E-state index is 0.0755. The summed E-state index contributed by atoms with van der Waals surface area (Å²) < 4.78 is 138. The molecule has 1 saturated heterocycles. The van der Waals surface area contributed by atoms with Crippen LogP contribution in [0.5, 0.6) is 11.5 Å². The highest BCUT2D eigenvalue weighted by atomic mass is 35.5. The average molecular weight is 1370 g/mol. The van der Waals surface area contributed by atoms with Crippen LogP contribution < -0.4 is 14.8 Å². The van der Waals surface area contributed by atoms with Crippen LogP contribution in [0.3, 0.4) is 0 Å². The molecule has 92 heavy (non-hydrogen) atoms. The van der Waals surface area contributed by atoms with Crippen molar-refractivity contribution in [2.75, 3.05) is 246 Å². The van der Waals surface area contributed by atoms with E-state index in [1.807, 2.05) is 36.4 Å². The van der Waals surface area contributed by atoms with Crippen LogP contribution in [0, 0.1) is 0 Å². The first-order chi connectivity index (χ1) is 45.0. The average Bonchev–Trinajstić information content (AvgIpc) is 1.43. The van der Waals surface area contributed by atoms with Gasteiger partial charge in [-0.15, -0.1) is 0 Å². The molecule has 1 heterocycles. The summed E-state index contributed by atoms with van der Waals surface area (Å²) in [6, 6.07) is 12.9. The number of carbonyl (C=O) groups excluding carboxylic acids is 2. The first kappa shape index (κ1) is 80.4. The molecule has 1 fully saturated rings. The summed E-state index contributed by atoms with van der Waals surface area (Å²) >= 11 is 12.2. The Balaban J connectivity index is 0.892. The van der Waals surface area contributed by atoms with Gasteiger partial charge in [-0.25, -0.2) is 13.2 Å². The number of amides is 1. The highest BCUT2D eigenvalue weighted by Gasteiger charge is 2.41. The molecule has 524 valence electrons. The van der Waals surface area contributed by atoms with E-state index in [1.165, 1.54) is 25.3 Å². The molecule has 3 aromatic rings. The Morgan fingerprint density at radius 3 is 1.13 bits per heavy atom. The summed E-state index contributed by atoms with van der Waals surface area (Å²) in [5.74, 6) is -0.188. The van der Waals surface area contributed by atoms with Gasteiger partial charge in [0.2, 0.25) is 15.9 Å². The van der Waals surface area contributed by atoms with E-state index in [1.54, 1.807) is 21.3 Å². The van der Waals surface area contributed by atoms with Crippen molar-refractivity contribution in [2.45, 2.75) is 42.8 Å². The van der Waals surface area contributed by atoms with Crippen molar-refractivity contribution in [1.82, 2.24) is 9.62 Å². The number of ether oxygens (including phenoxy) is 20. The van der Waals surface area contributed by atoms with Gasteiger partial charge in [0.15, 0.2) is 0 Å². The minimum atomic E-state index is -4.13. The Bertz CT molecular complexity index is 2450. The number of nitrogens with zero attached hydrogens (tertiary/aromatic N) is 1. The van der Waals surface area contributed by atoms with Crippen molar-refractivity contribution in [3.63, 3.8) is 0 Å². The first-order valence-electron chi connectivity index (χ1n) is 31.0. The van der Waals surface area contributed by atoms with Crippen LogP contribution in [0.2, 0.25) is 10.0 Å². The molecule has 0 unspecified atom stereocenters. The van der Waals surface area contributed by atoms with E-state index in [0.717, 1.165) is 15.4 Å². The molecule has 4 rings (SSSR count). The zero-order chi connectivity index (χ0) is 66.0. The van der Waals surface area contributed by atoms with Crippen LogP contribution in [-0.2, 0) is 118 Å². The highest BCUT2D eigenvalue weighted by Crippen LogP contribution is 2.40. The van der Waals surface area contributed by atoms with E-state index in [9.17, 15) is 18.0 Å². The maximum atomic E-state index is 13.6. The molecule has 1 aliphatic rings. The summed E-state index contributed by atoms with van der Waals surface area (Å²) in [5, 5.41) is 3.02. The first-order valence-corrected chi connectivity index (χ1v) is 33.1. The van der Waals surface area contributed by atoms with Crippen LogP contribution in [0.1, 0.15) is 24.0 Å². The van der Waals surface area contributed by atoms with Gasteiger partial charge in [-0.1, -0.05) is 47.5 Å². The second-order valence-corrected chi connectivity index (χ2v) is 22.7. The maximum Gasteiger partial charge on any atom is 0.328 e. The zero-order valence-electron chi connectivity index (χ0n) is 53.9. The van der Waals surface area contributed by atoms with Gasteiger partial charge in [-0.2, -0.15) is 4.31 Å². The topological polar surface area (TPSA) is 268 Å². The van der Waals surface area contributed by atoms with Gasteiger partial charge < -0.3 is 100 Å². The number of carbonyl (C=O) groups is 2. The molecular weight excluding hydrogens is 1270 g/mol. The number of sulfonamides is 1. The number of hydrogen-bond acceptors (Lipinski definition) is 24. The van der Waals surface area contributed by atoms with Gasteiger partial charge in [0.1, 0.15) is 23.6 Å². The Morgan fingerprint density at radius 1 is 0.467 bits per heavy atom. The maximum absolute atomic E-state index is 13.6. The number of rotatable bonds is 60. The number of halogens is 2. The molecule has 3 aromatic carbocycles. The second kappa shape index (κ2) is 52.2. The third kappa shape index (κ3) is 35.1. The predicted octanol–water partition coefficient (Wildman–Crippen LogP) is 5.14. The highest BCUT2D eigenvalue weighted by molar-refractivity contribution is 7.89. The van der Waals surface area contributed by atoms with E-state index >= 15 is 0 Å². The molecule has 29 heteroatoms. The van der Waals surface area contributed by atoms with Gasteiger partial charge in [0, 0.05) is 30.1 Å². The standard InChI is InChI=1S/C63H98Cl2N2O24S/c1-72-12-13-76-14-15-77-16-17-78-18-19-79-20-21-80-22-23-81-24-25-82-26-27-83-28-29-84-30-31-85-32-33-86-34-35-87-36-37-88-38-39-89-40-41-90-42-43-91-50-52-45-59(73-2)61(60(46-52)74-3)53-9-7-51(8-10-53)44-57(63(69)75-4)66-62(68)58-6-5-11-67(58)92(70,71)56-48-54(64)47-55(65)49-56/h7-10,45-49,57-58H,5-6,11-44,50H2,1-4H3,(H,66,68)/t57-,58-/m0/s1. The lowest BCUT2D eigenvalue weighted by Crippen LogP contribution is -2.51. The number of benzene rings is 3.